The molecule has 0 bridgehead atoms. The van der Waals surface area contributed by atoms with Crippen molar-refractivity contribution in [2.75, 3.05) is 5.73 Å². The van der Waals surface area contributed by atoms with E-state index < -0.39 is 0 Å². The Hall–Kier alpha value is -2.63. The number of rotatable bonds is 2. The van der Waals surface area contributed by atoms with Crippen LogP contribution in [0.5, 0.6) is 0 Å². The van der Waals surface area contributed by atoms with Gasteiger partial charge in [0.1, 0.15) is 0 Å². The average molecular weight is 240 g/mol. The van der Waals surface area contributed by atoms with E-state index in [4.69, 9.17) is 5.73 Å². The highest BCUT2D eigenvalue weighted by Crippen LogP contribution is 2.13. The first kappa shape index (κ1) is 10.5. The Morgan fingerprint density at radius 3 is 3.11 bits per heavy atom. The summed E-state index contributed by atoms with van der Waals surface area (Å²) in [4.78, 5) is 11.4. The maximum atomic E-state index is 5.71. The lowest BCUT2D eigenvalue weighted by Gasteiger charge is -1.96. The van der Waals surface area contributed by atoms with Gasteiger partial charge in [-0.15, -0.1) is 0 Å². The zero-order valence-corrected chi connectivity index (χ0v) is 9.83. The van der Waals surface area contributed by atoms with Crippen molar-refractivity contribution in [1.82, 2.24) is 19.6 Å². The van der Waals surface area contributed by atoms with Crippen LogP contribution in [-0.4, -0.2) is 25.8 Å². The Kier molecular flexibility index (Phi) is 2.33. The van der Waals surface area contributed by atoms with Crippen LogP contribution in [0.25, 0.3) is 11.0 Å². The molecule has 3 N–H and O–H groups in total. The maximum absolute atomic E-state index is 5.71. The number of nitrogens with zero attached hydrogens (tertiary/aromatic N) is 4. The van der Waals surface area contributed by atoms with Gasteiger partial charge in [-0.25, -0.2) is 14.6 Å². The third-order valence-corrected chi connectivity index (χ3v) is 2.64. The van der Waals surface area contributed by atoms with Gasteiger partial charge in [0.2, 0.25) is 5.95 Å². The van der Waals surface area contributed by atoms with Gasteiger partial charge in [-0.2, -0.15) is 5.10 Å². The lowest BCUT2D eigenvalue weighted by molar-refractivity contribution is 0.897. The van der Waals surface area contributed by atoms with Gasteiger partial charge < -0.3 is 10.7 Å². The molecule has 0 radical (unpaired) electrons. The summed E-state index contributed by atoms with van der Waals surface area (Å²) in [7, 11) is 0. The first-order valence-corrected chi connectivity index (χ1v) is 5.52. The van der Waals surface area contributed by atoms with E-state index in [0.29, 0.717) is 5.95 Å². The molecule has 0 aliphatic rings. The van der Waals surface area contributed by atoms with Gasteiger partial charge in [0, 0.05) is 5.56 Å². The monoisotopic (exact) mass is 240 g/mol. The maximum Gasteiger partial charge on any atom is 0.221 e. The molecule has 0 saturated carbocycles. The predicted molar refractivity (Wildman–Crippen MR) is 70.5 cm³/mol. The summed E-state index contributed by atoms with van der Waals surface area (Å²) in [6, 6.07) is 5.87. The van der Waals surface area contributed by atoms with Crippen LogP contribution in [0, 0.1) is 6.92 Å². The van der Waals surface area contributed by atoms with Crippen LogP contribution in [-0.2, 0) is 0 Å². The molecule has 0 atom stereocenters. The number of benzene rings is 1. The van der Waals surface area contributed by atoms with E-state index in [1.165, 1.54) is 0 Å². The Morgan fingerprint density at radius 2 is 2.33 bits per heavy atom. The molecule has 18 heavy (non-hydrogen) atoms. The van der Waals surface area contributed by atoms with Crippen LogP contribution in [0.2, 0.25) is 0 Å². The highest BCUT2D eigenvalue weighted by atomic mass is 15.4. The Morgan fingerprint density at radius 1 is 1.44 bits per heavy atom. The number of hydrogen-bond acceptors (Lipinski definition) is 4. The number of hydrogen-bond donors (Lipinski definition) is 2. The first-order chi connectivity index (χ1) is 8.74. The Balaban J connectivity index is 2.01. The molecule has 0 fully saturated rings. The summed E-state index contributed by atoms with van der Waals surface area (Å²) in [5, 5.41) is 4.28. The highest BCUT2D eigenvalue weighted by molar-refractivity contribution is 5.96. The Labute approximate surface area is 103 Å². The molecule has 6 nitrogen and oxygen atoms in total. The van der Waals surface area contributed by atoms with Crippen LogP contribution in [0.15, 0.2) is 35.8 Å². The highest BCUT2D eigenvalue weighted by Gasteiger charge is 2.02. The standard InChI is InChI=1S/C12H12N6/c1-8-6-18(12(13)17-8)16-5-9-3-2-4-10-11(9)15-7-14-10/h2-7H,1H3,(H2,13,17)(H,14,15). The predicted octanol–water partition coefficient (Wildman–Crippen LogP) is 1.53. The normalized spacial score (nSPS) is 11.6. The number of aromatic amines is 1. The largest absolute Gasteiger partial charge is 0.368 e. The quantitative estimate of drug-likeness (QED) is 0.666. The van der Waals surface area contributed by atoms with Crippen molar-refractivity contribution in [3.63, 3.8) is 0 Å². The van der Waals surface area contributed by atoms with Crippen molar-refractivity contribution in [3.8, 4) is 0 Å². The lowest BCUT2D eigenvalue weighted by Crippen LogP contribution is -1.97. The summed E-state index contributed by atoms with van der Waals surface area (Å²) in [5.74, 6) is 0.373. The topological polar surface area (TPSA) is 84.9 Å². The molecular weight excluding hydrogens is 228 g/mol. The van der Waals surface area contributed by atoms with Crippen LogP contribution in [0.4, 0.5) is 5.95 Å². The minimum absolute atomic E-state index is 0.373. The molecule has 0 unspecified atom stereocenters. The van der Waals surface area contributed by atoms with Crippen molar-refractivity contribution in [3.05, 3.63) is 42.0 Å². The molecule has 0 aliphatic carbocycles. The van der Waals surface area contributed by atoms with E-state index in [1.54, 1.807) is 23.4 Å². The lowest BCUT2D eigenvalue weighted by atomic mass is 10.2. The van der Waals surface area contributed by atoms with Crippen molar-refractivity contribution >= 4 is 23.2 Å². The third-order valence-electron chi connectivity index (χ3n) is 2.64. The number of H-pyrrole nitrogens is 1. The Bertz CT molecular complexity index is 721. The SMILES string of the molecule is Cc1cn(N=Cc2cccc3[nH]cnc23)c(N)n1. The molecule has 90 valence electrons. The summed E-state index contributed by atoms with van der Waals surface area (Å²) in [5.41, 5.74) is 9.35. The van der Waals surface area contributed by atoms with Crippen LogP contribution in [0.3, 0.4) is 0 Å². The van der Waals surface area contributed by atoms with E-state index in [0.717, 1.165) is 22.3 Å². The fourth-order valence-electron chi connectivity index (χ4n) is 1.81. The molecule has 2 aromatic heterocycles. The molecule has 2 heterocycles. The van der Waals surface area contributed by atoms with Crippen LogP contribution < -0.4 is 5.73 Å². The minimum atomic E-state index is 0.373. The van der Waals surface area contributed by atoms with Gasteiger partial charge in [0.15, 0.2) is 0 Å². The molecule has 0 saturated heterocycles. The number of nitrogens with two attached hydrogens (primary N) is 1. The van der Waals surface area contributed by atoms with Crippen molar-refractivity contribution in [1.29, 1.82) is 0 Å². The molecule has 0 spiro atoms. The van der Waals surface area contributed by atoms with E-state index in [2.05, 4.69) is 20.1 Å². The number of fused-ring (bicyclic) bond motifs is 1. The molecule has 3 aromatic rings. The third kappa shape index (κ3) is 1.73. The summed E-state index contributed by atoms with van der Waals surface area (Å²) >= 11 is 0. The van der Waals surface area contributed by atoms with Crippen molar-refractivity contribution in [2.45, 2.75) is 6.92 Å². The minimum Gasteiger partial charge on any atom is -0.368 e. The van der Waals surface area contributed by atoms with E-state index in [9.17, 15) is 0 Å². The fraction of sp³-hybridized carbons (Fsp3) is 0.0833. The van der Waals surface area contributed by atoms with E-state index in [1.807, 2.05) is 25.1 Å². The second kappa shape index (κ2) is 3.99. The van der Waals surface area contributed by atoms with E-state index >= 15 is 0 Å². The van der Waals surface area contributed by atoms with Crippen molar-refractivity contribution in [2.24, 2.45) is 5.10 Å². The van der Waals surface area contributed by atoms with Crippen LogP contribution >= 0.6 is 0 Å². The van der Waals surface area contributed by atoms with Gasteiger partial charge in [-0.1, -0.05) is 12.1 Å². The number of aryl methyl sites for hydroxylation is 1. The molecule has 1 aromatic carbocycles. The number of para-hydroxylation sites is 1. The van der Waals surface area contributed by atoms with Gasteiger partial charge in [-0.3, -0.25) is 0 Å². The van der Waals surface area contributed by atoms with Crippen molar-refractivity contribution < 1.29 is 0 Å². The molecule has 3 rings (SSSR count). The molecule has 0 amide bonds. The molecule has 6 heteroatoms. The smallest absolute Gasteiger partial charge is 0.221 e. The first-order valence-electron chi connectivity index (χ1n) is 5.52. The van der Waals surface area contributed by atoms with E-state index in [-0.39, 0.29) is 0 Å². The van der Waals surface area contributed by atoms with Gasteiger partial charge in [-0.05, 0) is 13.0 Å². The number of nitrogens with one attached hydrogen (secondary N) is 1. The van der Waals surface area contributed by atoms with Gasteiger partial charge in [0.05, 0.1) is 35.5 Å². The second-order valence-corrected chi connectivity index (χ2v) is 3.98. The molecule has 0 aliphatic heterocycles. The summed E-state index contributed by atoms with van der Waals surface area (Å²) in [6.45, 7) is 1.87. The van der Waals surface area contributed by atoms with Gasteiger partial charge in [0.25, 0.3) is 0 Å². The fourth-order valence-corrected chi connectivity index (χ4v) is 1.81. The number of nitrogen functional groups attached to an aromatic ring is 1. The van der Waals surface area contributed by atoms with Gasteiger partial charge >= 0.3 is 0 Å². The summed E-state index contributed by atoms with van der Waals surface area (Å²) < 4.78 is 1.54. The zero-order chi connectivity index (χ0) is 12.5. The summed E-state index contributed by atoms with van der Waals surface area (Å²) in [6.07, 6.45) is 5.16. The molecular formula is C12H12N6. The van der Waals surface area contributed by atoms with Crippen LogP contribution in [0.1, 0.15) is 11.3 Å². The number of aromatic nitrogens is 4. The zero-order valence-electron chi connectivity index (χ0n) is 9.83. The number of anilines is 1. The number of imidazole rings is 2. The second-order valence-electron chi connectivity index (χ2n) is 3.98. The average Bonchev–Trinajstić information content (AvgIpc) is 2.93.